The summed E-state index contributed by atoms with van der Waals surface area (Å²) in [6.07, 6.45) is 0. The first-order valence-corrected chi connectivity index (χ1v) is 6.38. The van der Waals surface area contributed by atoms with Crippen LogP contribution in [0.1, 0.15) is 11.1 Å². The van der Waals surface area contributed by atoms with Gasteiger partial charge in [-0.25, -0.2) is 4.39 Å². The molecule has 0 bridgehead atoms. The topological polar surface area (TPSA) is 49.7 Å². The third-order valence-corrected chi connectivity index (χ3v) is 3.20. The van der Waals surface area contributed by atoms with Crippen LogP contribution < -0.4 is 10.2 Å². The number of halogens is 2. The zero-order chi connectivity index (χ0) is 14.7. The molecular formula is C14H13BClFO3. The molecule has 2 N–H and O–H groups in total. The molecule has 2 rings (SSSR count). The zero-order valence-electron chi connectivity index (χ0n) is 10.8. The lowest BCUT2D eigenvalue weighted by Crippen LogP contribution is -2.31. The van der Waals surface area contributed by atoms with E-state index in [0.29, 0.717) is 11.2 Å². The summed E-state index contributed by atoms with van der Waals surface area (Å²) in [5.41, 5.74) is 1.90. The van der Waals surface area contributed by atoms with Gasteiger partial charge in [-0.15, -0.1) is 0 Å². The fourth-order valence-corrected chi connectivity index (χ4v) is 2.03. The summed E-state index contributed by atoms with van der Waals surface area (Å²) in [5, 5.41) is 18.3. The Morgan fingerprint density at radius 2 is 1.95 bits per heavy atom. The van der Waals surface area contributed by atoms with E-state index in [1.165, 1.54) is 12.1 Å². The quantitative estimate of drug-likeness (QED) is 0.849. The minimum atomic E-state index is -1.50. The summed E-state index contributed by atoms with van der Waals surface area (Å²) in [6, 6.07) is 9.34. The van der Waals surface area contributed by atoms with Crippen molar-refractivity contribution >= 4 is 24.2 Å². The predicted octanol–water partition coefficient (Wildman–Crippen LogP) is 2.05. The van der Waals surface area contributed by atoms with Crippen molar-refractivity contribution in [1.82, 2.24) is 0 Å². The van der Waals surface area contributed by atoms with Gasteiger partial charge in [0.2, 0.25) is 0 Å². The Morgan fingerprint density at radius 3 is 2.55 bits per heavy atom. The van der Waals surface area contributed by atoms with E-state index in [2.05, 4.69) is 0 Å². The molecule has 0 spiro atoms. The van der Waals surface area contributed by atoms with Gasteiger partial charge in [-0.1, -0.05) is 23.7 Å². The van der Waals surface area contributed by atoms with E-state index in [-0.39, 0.29) is 11.6 Å². The Kier molecular flexibility index (Phi) is 4.65. The fraction of sp³-hybridized carbons (Fsp3) is 0.143. The van der Waals surface area contributed by atoms with Crippen molar-refractivity contribution in [3.8, 4) is 5.75 Å². The molecule has 0 saturated heterocycles. The highest BCUT2D eigenvalue weighted by molar-refractivity contribution is 6.59. The summed E-state index contributed by atoms with van der Waals surface area (Å²) in [6.45, 7) is 2.01. The van der Waals surface area contributed by atoms with Gasteiger partial charge in [-0.05, 0) is 47.8 Å². The predicted molar refractivity (Wildman–Crippen MR) is 76.7 cm³/mol. The van der Waals surface area contributed by atoms with Crippen LogP contribution in [0, 0.1) is 12.7 Å². The van der Waals surface area contributed by atoms with E-state index >= 15 is 0 Å². The summed E-state index contributed by atoms with van der Waals surface area (Å²) in [5.74, 6) is 0.125. The number of aryl methyl sites for hydroxylation is 1. The molecule has 2 aromatic rings. The van der Waals surface area contributed by atoms with Gasteiger partial charge in [-0.3, -0.25) is 0 Å². The molecule has 0 fully saturated rings. The molecule has 0 aromatic heterocycles. The molecular weight excluding hydrogens is 281 g/mol. The normalized spacial score (nSPS) is 10.4. The molecule has 3 nitrogen and oxygen atoms in total. The zero-order valence-corrected chi connectivity index (χ0v) is 11.6. The molecule has 104 valence electrons. The van der Waals surface area contributed by atoms with Gasteiger partial charge in [0.25, 0.3) is 0 Å². The first kappa shape index (κ1) is 14.8. The molecule has 2 aromatic carbocycles. The third-order valence-electron chi connectivity index (χ3n) is 2.91. The minimum Gasteiger partial charge on any atom is -0.489 e. The SMILES string of the molecule is Cc1cc(OCc2ccc(F)c(Cl)c2)ccc1B(O)O. The molecule has 0 aliphatic rings. The lowest BCUT2D eigenvalue weighted by Gasteiger charge is -2.10. The molecule has 0 amide bonds. The van der Waals surface area contributed by atoms with Crippen molar-refractivity contribution < 1.29 is 19.2 Å². The fourth-order valence-electron chi connectivity index (χ4n) is 1.82. The summed E-state index contributed by atoms with van der Waals surface area (Å²) in [7, 11) is -1.50. The van der Waals surface area contributed by atoms with Crippen molar-refractivity contribution in [2.24, 2.45) is 0 Å². The molecule has 0 radical (unpaired) electrons. The first-order chi connectivity index (χ1) is 9.47. The second-order valence-electron chi connectivity index (χ2n) is 4.43. The van der Waals surface area contributed by atoms with Crippen LogP contribution in [0.25, 0.3) is 0 Å². The lowest BCUT2D eigenvalue weighted by atomic mass is 9.77. The van der Waals surface area contributed by atoms with Gasteiger partial charge in [0.05, 0.1) is 5.02 Å². The van der Waals surface area contributed by atoms with Crippen molar-refractivity contribution in [1.29, 1.82) is 0 Å². The van der Waals surface area contributed by atoms with Crippen molar-refractivity contribution in [2.45, 2.75) is 13.5 Å². The van der Waals surface area contributed by atoms with E-state index in [4.69, 9.17) is 26.4 Å². The van der Waals surface area contributed by atoms with Crippen molar-refractivity contribution in [3.63, 3.8) is 0 Å². The molecule has 20 heavy (non-hydrogen) atoms. The maximum atomic E-state index is 13.0. The first-order valence-electron chi connectivity index (χ1n) is 6.01. The smallest absolute Gasteiger partial charge is 0.488 e. The second kappa shape index (κ2) is 6.26. The molecule has 0 aliphatic carbocycles. The van der Waals surface area contributed by atoms with E-state index < -0.39 is 12.9 Å². The summed E-state index contributed by atoms with van der Waals surface area (Å²) in [4.78, 5) is 0. The van der Waals surface area contributed by atoms with Gasteiger partial charge in [0, 0.05) is 0 Å². The molecule has 0 unspecified atom stereocenters. The molecule has 0 atom stereocenters. The Bertz CT molecular complexity index is 619. The van der Waals surface area contributed by atoms with Crippen molar-refractivity contribution in [2.75, 3.05) is 0 Å². The van der Waals surface area contributed by atoms with Gasteiger partial charge in [-0.2, -0.15) is 0 Å². The van der Waals surface area contributed by atoms with E-state index in [9.17, 15) is 4.39 Å². The summed E-state index contributed by atoms with van der Waals surface area (Å²) >= 11 is 5.69. The van der Waals surface area contributed by atoms with Crippen LogP contribution in [-0.2, 0) is 6.61 Å². The molecule has 0 saturated carbocycles. The third kappa shape index (κ3) is 3.51. The maximum absolute atomic E-state index is 13.0. The van der Waals surface area contributed by atoms with Gasteiger partial charge >= 0.3 is 7.12 Å². The lowest BCUT2D eigenvalue weighted by molar-refractivity contribution is 0.306. The molecule has 0 heterocycles. The standard InChI is InChI=1S/C14H13BClFO3/c1-9-6-11(3-4-12(9)15(18)19)20-8-10-2-5-14(17)13(16)7-10/h2-7,18-19H,8H2,1H3. The summed E-state index contributed by atoms with van der Waals surface area (Å²) < 4.78 is 18.6. The Labute approximate surface area is 121 Å². The minimum absolute atomic E-state index is 0.0565. The maximum Gasteiger partial charge on any atom is 0.488 e. The number of rotatable bonds is 4. The van der Waals surface area contributed by atoms with Crippen LogP contribution in [0.3, 0.4) is 0 Å². The number of hydrogen-bond acceptors (Lipinski definition) is 3. The van der Waals surface area contributed by atoms with Gasteiger partial charge in [0.1, 0.15) is 18.2 Å². The molecule has 0 aliphatic heterocycles. The molecule has 6 heteroatoms. The number of hydrogen-bond donors (Lipinski definition) is 2. The van der Waals surface area contributed by atoms with Crippen LogP contribution in [0.15, 0.2) is 36.4 Å². The number of ether oxygens (including phenoxy) is 1. The average Bonchev–Trinajstić information content (AvgIpc) is 2.40. The van der Waals surface area contributed by atoms with Crippen LogP contribution in [0.2, 0.25) is 5.02 Å². The Balaban J connectivity index is 2.07. The van der Waals surface area contributed by atoms with Crippen LogP contribution in [0.4, 0.5) is 4.39 Å². The monoisotopic (exact) mass is 294 g/mol. The van der Waals surface area contributed by atoms with Crippen LogP contribution in [0.5, 0.6) is 5.75 Å². The van der Waals surface area contributed by atoms with Gasteiger partial charge < -0.3 is 14.8 Å². The Morgan fingerprint density at radius 1 is 1.20 bits per heavy atom. The van der Waals surface area contributed by atoms with Crippen molar-refractivity contribution in [3.05, 3.63) is 58.4 Å². The Hall–Kier alpha value is -1.56. The average molecular weight is 295 g/mol. The highest BCUT2D eigenvalue weighted by atomic mass is 35.5. The largest absolute Gasteiger partial charge is 0.489 e. The highest BCUT2D eigenvalue weighted by Crippen LogP contribution is 2.18. The van der Waals surface area contributed by atoms with E-state index in [1.807, 2.05) is 0 Å². The van der Waals surface area contributed by atoms with E-state index in [1.54, 1.807) is 31.2 Å². The highest BCUT2D eigenvalue weighted by Gasteiger charge is 2.14. The number of benzene rings is 2. The van der Waals surface area contributed by atoms with Crippen LogP contribution in [-0.4, -0.2) is 17.2 Å². The van der Waals surface area contributed by atoms with Gasteiger partial charge in [0.15, 0.2) is 0 Å². The second-order valence-corrected chi connectivity index (χ2v) is 4.84. The van der Waals surface area contributed by atoms with E-state index in [0.717, 1.165) is 11.1 Å². The van der Waals surface area contributed by atoms with Crippen LogP contribution >= 0.6 is 11.6 Å².